The van der Waals surface area contributed by atoms with Gasteiger partial charge in [-0.2, -0.15) is 0 Å². The molecule has 1 aliphatic carbocycles. The number of hydrogen-bond donors (Lipinski definition) is 1. The third-order valence-electron chi connectivity index (χ3n) is 4.57. The second-order valence-corrected chi connectivity index (χ2v) is 8.81. The Morgan fingerprint density at radius 3 is 2.43 bits per heavy atom. The molecule has 0 spiro atoms. The van der Waals surface area contributed by atoms with Crippen molar-refractivity contribution in [1.82, 2.24) is 0 Å². The van der Waals surface area contributed by atoms with E-state index in [4.69, 9.17) is 4.42 Å². The van der Waals surface area contributed by atoms with Crippen LogP contribution in [-0.4, -0.2) is 11.1 Å². The molecule has 1 aliphatic heterocycles. The number of aryl methyl sites for hydroxylation is 1. The van der Waals surface area contributed by atoms with Crippen LogP contribution in [0, 0.1) is 6.92 Å². The molecule has 0 amide bonds. The summed E-state index contributed by atoms with van der Waals surface area (Å²) in [6.45, 7) is 1.93. The van der Waals surface area contributed by atoms with Crippen molar-refractivity contribution >= 4 is 64.7 Å². The zero-order chi connectivity index (χ0) is 20.2. The van der Waals surface area contributed by atoms with E-state index in [0.29, 0.717) is 32.5 Å². The van der Waals surface area contributed by atoms with E-state index >= 15 is 0 Å². The van der Waals surface area contributed by atoms with Crippen LogP contribution in [0.15, 0.2) is 65.1 Å². The summed E-state index contributed by atoms with van der Waals surface area (Å²) >= 11 is 10.2. The summed E-state index contributed by atoms with van der Waals surface area (Å²) in [4.78, 5) is 24.3. The van der Waals surface area contributed by atoms with E-state index in [1.807, 2.05) is 19.1 Å². The number of carboxylic acids is 1. The van der Waals surface area contributed by atoms with Crippen LogP contribution in [0.25, 0.3) is 33.4 Å². The standard InChI is InChI=1S/C21H11Br3O4/c1-9-6-16-12(7-14(9)22)17(10-4-2-3-5-11(10)21(26)27)13-8-15(23)19(25)18(24)20(13)28-16/h2-8H,1H3,(H,26,27). The van der Waals surface area contributed by atoms with Gasteiger partial charge in [0.05, 0.1) is 10.0 Å². The summed E-state index contributed by atoms with van der Waals surface area (Å²) in [7, 11) is 0. The zero-order valence-corrected chi connectivity index (χ0v) is 19.1. The molecular weight excluding hydrogens is 556 g/mol. The Labute approximate surface area is 184 Å². The van der Waals surface area contributed by atoms with Crippen LogP contribution < -0.4 is 5.43 Å². The van der Waals surface area contributed by atoms with E-state index < -0.39 is 5.97 Å². The Kier molecular flexibility index (Phi) is 4.93. The molecule has 4 nitrogen and oxygen atoms in total. The first-order chi connectivity index (χ1) is 13.3. The van der Waals surface area contributed by atoms with Crippen LogP contribution in [0.1, 0.15) is 15.9 Å². The zero-order valence-electron chi connectivity index (χ0n) is 14.3. The molecule has 2 aromatic carbocycles. The normalized spacial score (nSPS) is 11.3. The van der Waals surface area contributed by atoms with Gasteiger partial charge in [-0.1, -0.05) is 34.1 Å². The minimum Gasteiger partial charge on any atom is -0.478 e. The molecule has 28 heavy (non-hydrogen) atoms. The van der Waals surface area contributed by atoms with Crippen molar-refractivity contribution in [3.8, 4) is 22.5 Å². The van der Waals surface area contributed by atoms with E-state index in [0.717, 1.165) is 15.4 Å². The largest absolute Gasteiger partial charge is 0.478 e. The molecule has 7 heteroatoms. The van der Waals surface area contributed by atoms with E-state index in [1.165, 1.54) is 0 Å². The van der Waals surface area contributed by atoms with Crippen molar-refractivity contribution in [2.24, 2.45) is 0 Å². The van der Waals surface area contributed by atoms with Gasteiger partial charge in [-0.25, -0.2) is 4.79 Å². The number of aromatic carboxylic acids is 1. The van der Waals surface area contributed by atoms with Gasteiger partial charge in [0, 0.05) is 21.0 Å². The monoisotopic (exact) mass is 564 g/mol. The maximum atomic E-state index is 12.4. The minimum absolute atomic E-state index is 0.173. The first-order valence-corrected chi connectivity index (χ1v) is 10.5. The first-order valence-electron chi connectivity index (χ1n) is 8.17. The van der Waals surface area contributed by atoms with Gasteiger partial charge in [-0.05, 0) is 74.2 Å². The highest BCUT2D eigenvalue weighted by Gasteiger charge is 2.25. The lowest BCUT2D eigenvalue weighted by molar-refractivity contribution is 0.0697. The number of halogens is 3. The molecule has 140 valence electrons. The molecule has 0 fully saturated rings. The van der Waals surface area contributed by atoms with Crippen LogP contribution in [0.3, 0.4) is 0 Å². The smallest absolute Gasteiger partial charge is 0.336 e. The third-order valence-corrected chi connectivity index (χ3v) is 6.73. The Hall–Kier alpha value is -1.96. The molecule has 0 bridgehead atoms. The topological polar surface area (TPSA) is 67.5 Å². The molecule has 0 aromatic heterocycles. The van der Waals surface area contributed by atoms with Gasteiger partial charge < -0.3 is 9.52 Å². The fourth-order valence-electron chi connectivity index (χ4n) is 3.24. The molecule has 2 aromatic rings. The van der Waals surface area contributed by atoms with Gasteiger partial charge in [-0.15, -0.1) is 0 Å². The number of rotatable bonds is 2. The summed E-state index contributed by atoms with van der Waals surface area (Å²) in [6.07, 6.45) is 0. The van der Waals surface area contributed by atoms with Crippen molar-refractivity contribution in [3.63, 3.8) is 0 Å². The predicted molar refractivity (Wildman–Crippen MR) is 119 cm³/mol. The van der Waals surface area contributed by atoms with E-state index in [9.17, 15) is 14.7 Å². The molecule has 1 heterocycles. The van der Waals surface area contributed by atoms with Gasteiger partial charge >= 0.3 is 5.97 Å². The van der Waals surface area contributed by atoms with Gasteiger partial charge in [0.1, 0.15) is 10.1 Å². The fourth-order valence-corrected chi connectivity index (χ4v) is 4.78. The maximum Gasteiger partial charge on any atom is 0.336 e. The van der Waals surface area contributed by atoms with E-state index in [-0.39, 0.29) is 15.5 Å². The molecule has 1 N–H and O–H groups in total. The number of benzene rings is 3. The molecule has 0 atom stereocenters. The summed E-state index contributed by atoms with van der Waals surface area (Å²) in [5.74, 6) is -0.653. The summed E-state index contributed by atoms with van der Waals surface area (Å²) in [5, 5.41) is 10.5. The summed E-state index contributed by atoms with van der Waals surface area (Å²) in [6, 6.07) is 12.3. The van der Waals surface area contributed by atoms with Crippen LogP contribution in [-0.2, 0) is 0 Å². The molecule has 0 saturated carbocycles. The molecule has 0 radical (unpaired) electrons. The Bertz CT molecular complexity index is 1310. The Morgan fingerprint density at radius 2 is 1.71 bits per heavy atom. The number of carboxylic acid groups (broad SMARTS) is 1. The number of carbonyl (C=O) groups is 1. The van der Waals surface area contributed by atoms with Crippen LogP contribution in [0.5, 0.6) is 0 Å². The molecule has 0 unspecified atom stereocenters. The van der Waals surface area contributed by atoms with Gasteiger partial charge in [0.2, 0.25) is 5.43 Å². The lowest BCUT2D eigenvalue weighted by Crippen LogP contribution is -2.07. The predicted octanol–water partition coefficient (Wildman–Crippen LogP) is 6.86. The third kappa shape index (κ3) is 3.02. The SMILES string of the molecule is Cc1cc2oc3c(Br)c(=O)c(Br)cc-3c(-c3ccccc3C(=O)O)c2cc1Br. The highest BCUT2D eigenvalue weighted by Crippen LogP contribution is 2.45. The Balaban J connectivity index is 2.30. The lowest BCUT2D eigenvalue weighted by atomic mass is 9.90. The maximum absolute atomic E-state index is 12.4. The number of fused-ring (bicyclic) bond motifs is 2. The quantitative estimate of drug-likeness (QED) is 0.269. The van der Waals surface area contributed by atoms with Crippen LogP contribution in [0.4, 0.5) is 0 Å². The highest BCUT2D eigenvalue weighted by atomic mass is 79.9. The molecule has 2 aliphatic rings. The second kappa shape index (κ2) is 7.13. The van der Waals surface area contributed by atoms with Crippen molar-refractivity contribution in [2.75, 3.05) is 0 Å². The second-order valence-electron chi connectivity index (χ2n) is 6.30. The Morgan fingerprint density at radius 1 is 1.00 bits per heavy atom. The van der Waals surface area contributed by atoms with Gasteiger partial charge in [-0.3, -0.25) is 4.79 Å². The fraction of sp³-hybridized carbons (Fsp3) is 0.0476. The van der Waals surface area contributed by atoms with E-state index in [2.05, 4.69) is 47.8 Å². The van der Waals surface area contributed by atoms with Crippen molar-refractivity contribution in [3.05, 3.63) is 77.2 Å². The van der Waals surface area contributed by atoms with E-state index in [1.54, 1.807) is 30.3 Å². The molecule has 0 saturated heterocycles. The lowest BCUT2D eigenvalue weighted by Gasteiger charge is -2.18. The van der Waals surface area contributed by atoms with Gasteiger partial charge in [0.25, 0.3) is 0 Å². The number of hydrogen-bond acceptors (Lipinski definition) is 3. The minimum atomic E-state index is -1.03. The van der Waals surface area contributed by atoms with Crippen molar-refractivity contribution < 1.29 is 14.3 Å². The molecule has 4 rings (SSSR count). The average molecular weight is 567 g/mol. The highest BCUT2D eigenvalue weighted by molar-refractivity contribution is 9.11. The van der Waals surface area contributed by atoms with Crippen molar-refractivity contribution in [1.29, 1.82) is 0 Å². The van der Waals surface area contributed by atoms with Crippen molar-refractivity contribution in [2.45, 2.75) is 6.92 Å². The van der Waals surface area contributed by atoms with Gasteiger partial charge in [0.15, 0.2) is 5.76 Å². The average Bonchev–Trinajstić information content (AvgIpc) is 2.66. The first kappa shape index (κ1) is 19.4. The molecular formula is C21H11Br3O4. The summed E-state index contributed by atoms with van der Waals surface area (Å²) < 4.78 is 7.60. The van der Waals surface area contributed by atoms with Crippen LogP contribution >= 0.6 is 47.8 Å². The summed E-state index contributed by atoms with van der Waals surface area (Å²) in [5.41, 5.74) is 3.34. The van der Waals surface area contributed by atoms with Crippen LogP contribution in [0.2, 0.25) is 0 Å².